The van der Waals surface area contributed by atoms with Crippen molar-refractivity contribution < 1.29 is 42.1 Å². The molecule has 1 saturated carbocycles. The molecule has 16 heteroatoms. The number of para-hydroxylation sites is 1. The highest BCUT2D eigenvalue weighted by Crippen LogP contribution is 2.49. The Bertz CT molecular complexity index is 1900. The first-order valence-electron chi connectivity index (χ1n) is 19.3. The van der Waals surface area contributed by atoms with Crippen molar-refractivity contribution in [3.63, 3.8) is 0 Å². The van der Waals surface area contributed by atoms with Gasteiger partial charge in [-0.25, -0.2) is 9.52 Å². The van der Waals surface area contributed by atoms with E-state index in [1.165, 1.54) is 46.1 Å². The van der Waals surface area contributed by atoms with E-state index < -0.39 is 28.5 Å². The molecule has 15 nitrogen and oxygen atoms in total. The van der Waals surface area contributed by atoms with E-state index in [4.69, 9.17) is 18.9 Å². The van der Waals surface area contributed by atoms with Crippen LogP contribution < -0.4 is 19.5 Å². The number of methoxy groups -OCH3 is 2. The molecule has 0 spiro atoms. The molecule has 2 amide bonds. The summed E-state index contributed by atoms with van der Waals surface area (Å²) in [5.74, 6) is 0.826. The fourth-order valence-corrected chi connectivity index (χ4v) is 8.92. The van der Waals surface area contributed by atoms with E-state index in [2.05, 4.69) is 30.5 Å². The first-order chi connectivity index (χ1) is 26.5. The van der Waals surface area contributed by atoms with Crippen molar-refractivity contribution in [2.45, 2.75) is 69.7 Å². The maximum atomic E-state index is 13.7. The second-order valence-corrected chi connectivity index (χ2v) is 16.5. The Balaban J connectivity index is 1.44. The molecule has 1 saturated heterocycles. The third kappa shape index (κ3) is 9.55. The van der Waals surface area contributed by atoms with Gasteiger partial charge in [0, 0.05) is 69.5 Å². The van der Waals surface area contributed by atoms with Gasteiger partial charge in [-0.15, -0.1) is 0 Å². The topological polar surface area (TPSA) is 164 Å². The van der Waals surface area contributed by atoms with Crippen LogP contribution in [0.25, 0.3) is 22.2 Å². The number of rotatable bonds is 16. The van der Waals surface area contributed by atoms with E-state index in [9.17, 15) is 23.1 Å². The van der Waals surface area contributed by atoms with Gasteiger partial charge in [0.25, 0.3) is 5.91 Å². The van der Waals surface area contributed by atoms with Crippen LogP contribution in [0.4, 0.5) is 4.79 Å². The highest BCUT2D eigenvalue weighted by atomic mass is 32.2. The zero-order valence-corrected chi connectivity index (χ0v) is 33.2. The van der Waals surface area contributed by atoms with Gasteiger partial charge in [-0.05, 0) is 81.6 Å². The van der Waals surface area contributed by atoms with Crippen molar-refractivity contribution in [3.05, 3.63) is 47.5 Å². The Morgan fingerprint density at radius 2 is 1.78 bits per heavy atom. The van der Waals surface area contributed by atoms with Crippen LogP contribution in [0.3, 0.4) is 0 Å². The number of likely N-dealkylation sites (tertiary alicyclic amines) is 1. The van der Waals surface area contributed by atoms with Crippen LogP contribution in [0.2, 0.25) is 0 Å². The lowest BCUT2D eigenvalue weighted by Gasteiger charge is -2.33. The molecule has 3 heterocycles. The maximum Gasteiger partial charge on any atom is 0.404 e. The molecule has 1 aliphatic carbocycles. The Kier molecular flexibility index (Phi) is 13.6. The standard InChI is InChI=1S/C39H56N6O9S/c1-42(20-17-40-39(47)48)29-24-45-32-23-28(38(46)41-55(49,50)43(2)25-34(51-3)52-4)15-16-30(32)35(27-11-6-5-7-12-27)36(45)31-13-10-14-33(37(31)54-26-29)53-22-21-44-18-8-9-19-44/h10,13-16,23,27,29,34,40H,5-9,11-12,17-22,24-26H2,1-4H3,(H,41,46)(H,47,48)/t29-/m1/s1. The summed E-state index contributed by atoms with van der Waals surface area (Å²) in [5.41, 5.74) is 4.10. The first kappa shape index (κ1) is 40.7. The number of fused-ring (bicyclic) bond motifs is 5. The lowest BCUT2D eigenvalue weighted by Crippen LogP contribution is -2.45. The average Bonchev–Trinajstić information content (AvgIpc) is 3.80. The van der Waals surface area contributed by atoms with Crippen LogP contribution >= 0.6 is 0 Å². The molecule has 2 aromatic carbocycles. The van der Waals surface area contributed by atoms with Gasteiger partial charge in [-0.3, -0.25) is 14.6 Å². The number of carbonyl (C=O) groups excluding carboxylic acids is 1. The van der Waals surface area contributed by atoms with Crippen molar-refractivity contribution in [1.82, 2.24) is 28.7 Å². The maximum absolute atomic E-state index is 13.7. The van der Waals surface area contributed by atoms with Gasteiger partial charge < -0.3 is 33.9 Å². The molecular weight excluding hydrogens is 729 g/mol. The third-order valence-corrected chi connectivity index (χ3v) is 12.6. The van der Waals surface area contributed by atoms with Gasteiger partial charge >= 0.3 is 16.3 Å². The Hall–Kier alpha value is -3.93. The fraction of sp³-hybridized carbons (Fsp3) is 0.590. The van der Waals surface area contributed by atoms with E-state index in [-0.39, 0.29) is 30.6 Å². The summed E-state index contributed by atoms with van der Waals surface area (Å²) in [6.07, 6.45) is 5.97. The van der Waals surface area contributed by atoms with Gasteiger partial charge in [0.2, 0.25) is 0 Å². The van der Waals surface area contributed by atoms with Crippen molar-refractivity contribution in [3.8, 4) is 22.8 Å². The van der Waals surface area contributed by atoms with Gasteiger partial charge in [0.15, 0.2) is 17.8 Å². The summed E-state index contributed by atoms with van der Waals surface area (Å²) >= 11 is 0. The number of hydrogen-bond donors (Lipinski definition) is 3. The molecule has 6 rings (SSSR count). The van der Waals surface area contributed by atoms with Crippen LogP contribution in [0.1, 0.15) is 66.8 Å². The number of aromatic nitrogens is 1. The van der Waals surface area contributed by atoms with Gasteiger partial charge in [-0.2, -0.15) is 12.7 Å². The summed E-state index contributed by atoms with van der Waals surface area (Å²) in [6, 6.07) is 11.2. The Morgan fingerprint density at radius 3 is 2.49 bits per heavy atom. The zero-order chi connectivity index (χ0) is 39.1. The molecule has 1 atom stereocenters. The van der Waals surface area contributed by atoms with Gasteiger partial charge in [-0.1, -0.05) is 31.4 Å². The number of amides is 2. The predicted octanol–water partition coefficient (Wildman–Crippen LogP) is 4.32. The normalized spacial score (nSPS) is 18.2. The molecule has 3 aromatic rings. The van der Waals surface area contributed by atoms with Gasteiger partial charge in [0.1, 0.15) is 13.2 Å². The minimum atomic E-state index is -4.23. The largest absolute Gasteiger partial charge is 0.488 e. The number of nitrogens with one attached hydrogen (secondary N) is 2. The van der Waals surface area contributed by atoms with Crippen LogP contribution in [0, 0.1) is 0 Å². The number of nitrogens with zero attached hydrogens (tertiary/aromatic N) is 4. The molecule has 3 aliphatic rings. The van der Waals surface area contributed by atoms with Crippen LogP contribution in [0.15, 0.2) is 36.4 Å². The van der Waals surface area contributed by atoms with E-state index in [1.807, 2.05) is 25.2 Å². The summed E-state index contributed by atoms with van der Waals surface area (Å²) in [5, 5.41) is 12.7. The molecule has 0 unspecified atom stereocenters. The summed E-state index contributed by atoms with van der Waals surface area (Å²) in [4.78, 5) is 29.5. The monoisotopic (exact) mass is 784 g/mol. The fourth-order valence-electron chi connectivity index (χ4n) is 8.10. The van der Waals surface area contributed by atoms with Crippen molar-refractivity contribution in [2.75, 3.05) is 80.8 Å². The van der Waals surface area contributed by atoms with Gasteiger partial charge in [0.05, 0.1) is 18.3 Å². The molecule has 0 radical (unpaired) electrons. The quantitative estimate of drug-likeness (QED) is 0.177. The molecular formula is C39H56N6O9S. The second kappa shape index (κ2) is 18.3. The summed E-state index contributed by atoms with van der Waals surface area (Å²) < 4.78 is 55.5. The lowest BCUT2D eigenvalue weighted by atomic mass is 9.81. The smallest absolute Gasteiger partial charge is 0.404 e. The first-order valence-corrected chi connectivity index (χ1v) is 20.7. The minimum Gasteiger partial charge on any atom is -0.488 e. The Labute approximate surface area is 324 Å². The molecule has 2 fully saturated rings. The molecule has 302 valence electrons. The highest BCUT2D eigenvalue weighted by molar-refractivity contribution is 7.87. The average molecular weight is 785 g/mol. The number of benzene rings is 2. The summed E-state index contributed by atoms with van der Waals surface area (Å²) in [7, 11) is 1.89. The zero-order valence-electron chi connectivity index (χ0n) is 32.4. The second-order valence-electron chi connectivity index (χ2n) is 14.8. The van der Waals surface area contributed by atoms with E-state index in [0.717, 1.165) is 71.8 Å². The molecule has 2 aliphatic heterocycles. The van der Waals surface area contributed by atoms with E-state index >= 15 is 0 Å². The predicted molar refractivity (Wildman–Crippen MR) is 209 cm³/mol. The van der Waals surface area contributed by atoms with Crippen molar-refractivity contribution in [2.24, 2.45) is 0 Å². The number of ether oxygens (including phenoxy) is 4. The minimum absolute atomic E-state index is 0.117. The number of likely N-dealkylation sites (N-methyl/N-ethyl adjacent to an activating group) is 2. The third-order valence-electron chi connectivity index (χ3n) is 11.2. The molecule has 0 bridgehead atoms. The number of carboxylic acid groups (broad SMARTS) is 1. The SMILES string of the molecule is COC(CN(C)S(=O)(=O)NC(=O)c1ccc2c(C3CCCCC3)c3n(c2c1)C[C@@H](N(C)CCNC(=O)O)COc1c(OCCN2CCCC2)cccc1-3)OC. The number of hydrogen-bond acceptors (Lipinski definition) is 10. The molecule has 3 N–H and O–H groups in total. The number of carbonyl (C=O) groups is 2. The molecule has 55 heavy (non-hydrogen) atoms. The van der Waals surface area contributed by atoms with E-state index in [0.29, 0.717) is 37.8 Å². The van der Waals surface area contributed by atoms with Crippen molar-refractivity contribution in [1.29, 1.82) is 0 Å². The Morgan fingerprint density at radius 1 is 1.04 bits per heavy atom. The highest BCUT2D eigenvalue weighted by Gasteiger charge is 2.33. The van der Waals surface area contributed by atoms with Crippen molar-refractivity contribution >= 4 is 33.1 Å². The van der Waals surface area contributed by atoms with Crippen LogP contribution in [-0.4, -0.2) is 137 Å². The van der Waals surface area contributed by atoms with Crippen LogP contribution in [-0.2, 0) is 26.2 Å². The lowest BCUT2D eigenvalue weighted by molar-refractivity contribution is -0.106. The molecule has 1 aromatic heterocycles. The van der Waals surface area contributed by atoms with E-state index in [1.54, 1.807) is 12.1 Å². The van der Waals surface area contributed by atoms with Crippen LogP contribution in [0.5, 0.6) is 11.5 Å². The summed E-state index contributed by atoms with van der Waals surface area (Å²) in [6.45, 7) is 4.84.